The first-order chi connectivity index (χ1) is 8.18. The Morgan fingerprint density at radius 2 is 1.53 bits per heavy atom. The molecule has 0 bridgehead atoms. The average molecular weight is 250 g/mol. The van der Waals surface area contributed by atoms with E-state index in [0.29, 0.717) is 11.1 Å². The number of para-hydroxylation sites is 2. The van der Waals surface area contributed by atoms with Gasteiger partial charge < -0.3 is 9.29 Å². The Bertz CT molecular complexity index is 554. The summed E-state index contributed by atoms with van der Waals surface area (Å²) in [5, 5.41) is 9.73. The Morgan fingerprint density at radius 3 is 2.18 bits per heavy atom. The van der Waals surface area contributed by atoms with Crippen LogP contribution in [0.4, 0.5) is 0 Å². The lowest BCUT2D eigenvalue weighted by Crippen LogP contribution is -1.98. The zero-order valence-electron chi connectivity index (χ0n) is 8.74. The maximum atomic E-state index is 10.7. The molecule has 0 heterocycles. The van der Waals surface area contributed by atoms with E-state index in [0.717, 1.165) is 0 Å². The molecule has 0 fully saturated rings. The molecule has 0 aliphatic carbocycles. The highest BCUT2D eigenvalue weighted by Gasteiger charge is 2.10. The molecular formula is C12H10O4S. The SMILES string of the molecule is O=S(O)Oc1ccccc1-c1ccccc1O. The molecule has 5 heteroatoms. The summed E-state index contributed by atoms with van der Waals surface area (Å²) in [7, 11) is 0. The van der Waals surface area contributed by atoms with E-state index in [9.17, 15) is 9.32 Å². The van der Waals surface area contributed by atoms with Gasteiger partial charge in [-0.15, -0.1) is 0 Å². The van der Waals surface area contributed by atoms with Gasteiger partial charge in [0, 0.05) is 11.1 Å². The molecule has 4 nitrogen and oxygen atoms in total. The van der Waals surface area contributed by atoms with Gasteiger partial charge in [-0.05, 0) is 12.1 Å². The van der Waals surface area contributed by atoms with E-state index in [1.54, 1.807) is 48.5 Å². The van der Waals surface area contributed by atoms with Crippen LogP contribution in [0.1, 0.15) is 0 Å². The van der Waals surface area contributed by atoms with Gasteiger partial charge in [0.15, 0.2) is 5.75 Å². The van der Waals surface area contributed by atoms with Gasteiger partial charge in [0.1, 0.15) is 5.75 Å². The highest BCUT2D eigenvalue weighted by molar-refractivity contribution is 7.74. The van der Waals surface area contributed by atoms with Gasteiger partial charge in [0.25, 0.3) is 0 Å². The maximum Gasteiger partial charge on any atom is 0.357 e. The van der Waals surface area contributed by atoms with Gasteiger partial charge in [-0.2, -0.15) is 4.21 Å². The summed E-state index contributed by atoms with van der Waals surface area (Å²) in [4.78, 5) is 0. The predicted octanol–water partition coefficient (Wildman–Crippen LogP) is 2.57. The van der Waals surface area contributed by atoms with Crippen LogP contribution in [0.15, 0.2) is 48.5 Å². The van der Waals surface area contributed by atoms with Crippen molar-refractivity contribution >= 4 is 11.4 Å². The molecule has 0 saturated heterocycles. The van der Waals surface area contributed by atoms with Crippen molar-refractivity contribution < 1.29 is 18.1 Å². The largest absolute Gasteiger partial charge is 0.507 e. The Hall–Kier alpha value is -1.85. The van der Waals surface area contributed by atoms with Crippen LogP contribution in [0.2, 0.25) is 0 Å². The standard InChI is InChI=1S/C12H10O4S/c13-11-7-3-1-5-9(11)10-6-2-4-8-12(10)16-17(14)15/h1-8,13H,(H,14,15). The van der Waals surface area contributed by atoms with Crippen LogP contribution in [0.3, 0.4) is 0 Å². The zero-order valence-corrected chi connectivity index (χ0v) is 9.55. The molecule has 0 amide bonds. The number of phenols is 1. The van der Waals surface area contributed by atoms with Crippen molar-refractivity contribution in [1.29, 1.82) is 0 Å². The topological polar surface area (TPSA) is 66.8 Å². The van der Waals surface area contributed by atoms with Crippen molar-refractivity contribution in [2.75, 3.05) is 0 Å². The Labute approximate surface area is 101 Å². The van der Waals surface area contributed by atoms with E-state index >= 15 is 0 Å². The van der Waals surface area contributed by atoms with Crippen molar-refractivity contribution in [2.45, 2.75) is 0 Å². The highest BCUT2D eigenvalue weighted by atomic mass is 32.2. The summed E-state index contributed by atoms with van der Waals surface area (Å²) in [5.74, 6) is 0.335. The molecular weight excluding hydrogens is 240 g/mol. The second-order valence-corrected chi connectivity index (χ2v) is 3.91. The molecule has 0 aliphatic heterocycles. The van der Waals surface area contributed by atoms with Gasteiger partial charge in [0.05, 0.1) is 0 Å². The van der Waals surface area contributed by atoms with E-state index < -0.39 is 11.4 Å². The fourth-order valence-corrected chi connectivity index (χ4v) is 1.84. The van der Waals surface area contributed by atoms with Crippen LogP contribution < -0.4 is 4.18 Å². The third-order valence-corrected chi connectivity index (χ3v) is 2.56. The minimum absolute atomic E-state index is 0.0901. The summed E-state index contributed by atoms with van der Waals surface area (Å²) < 4.78 is 24.2. The molecule has 17 heavy (non-hydrogen) atoms. The molecule has 88 valence electrons. The van der Waals surface area contributed by atoms with Crippen LogP contribution in [-0.4, -0.2) is 13.9 Å². The number of rotatable bonds is 3. The number of benzene rings is 2. The number of aromatic hydroxyl groups is 1. The second-order valence-electron chi connectivity index (χ2n) is 3.31. The van der Waals surface area contributed by atoms with Crippen molar-refractivity contribution in [2.24, 2.45) is 0 Å². The average Bonchev–Trinajstić information content (AvgIpc) is 2.30. The van der Waals surface area contributed by atoms with Crippen molar-refractivity contribution in [3.05, 3.63) is 48.5 Å². The quantitative estimate of drug-likeness (QED) is 0.822. The van der Waals surface area contributed by atoms with E-state index in [1.165, 1.54) is 0 Å². The number of hydrogen-bond acceptors (Lipinski definition) is 3. The first kappa shape index (κ1) is 11.6. The van der Waals surface area contributed by atoms with E-state index in [1.807, 2.05) is 0 Å². The predicted molar refractivity (Wildman–Crippen MR) is 64.9 cm³/mol. The molecule has 1 unspecified atom stereocenters. The normalized spacial score (nSPS) is 12.1. The van der Waals surface area contributed by atoms with Crippen LogP contribution in [0.25, 0.3) is 11.1 Å². The first-order valence-corrected chi connectivity index (χ1v) is 5.88. The lowest BCUT2D eigenvalue weighted by atomic mass is 10.0. The summed E-state index contributed by atoms with van der Waals surface area (Å²) in [6.07, 6.45) is 0. The third-order valence-electron chi connectivity index (χ3n) is 2.24. The molecule has 1 atom stereocenters. The smallest absolute Gasteiger partial charge is 0.357 e. The first-order valence-electron chi connectivity index (χ1n) is 4.85. The number of hydrogen-bond donors (Lipinski definition) is 2. The van der Waals surface area contributed by atoms with Crippen LogP contribution >= 0.6 is 0 Å². The molecule has 2 rings (SSSR count). The summed E-state index contributed by atoms with van der Waals surface area (Å²) in [6, 6.07) is 13.4. The minimum Gasteiger partial charge on any atom is -0.507 e. The number of phenolic OH excluding ortho intramolecular Hbond substituents is 1. The molecule has 0 aromatic heterocycles. The summed E-state index contributed by atoms with van der Waals surface area (Å²) >= 11 is -2.39. The summed E-state index contributed by atoms with van der Waals surface area (Å²) in [5.41, 5.74) is 1.11. The van der Waals surface area contributed by atoms with Gasteiger partial charge in [-0.3, -0.25) is 4.55 Å². The summed E-state index contributed by atoms with van der Waals surface area (Å²) in [6.45, 7) is 0. The fourth-order valence-electron chi connectivity index (χ4n) is 1.54. The molecule has 2 aromatic carbocycles. The molecule has 2 N–H and O–H groups in total. The van der Waals surface area contributed by atoms with Gasteiger partial charge >= 0.3 is 11.4 Å². The van der Waals surface area contributed by atoms with Gasteiger partial charge in [-0.25, -0.2) is 0 Å². The molecule has 0 spiro atoms. The van der Waals surface area contributed by atoms with E-state index in [4.69, 9.17) is 8.74 Å². The van der Waals surface area contributed by atoms with Gasteiger partial charge in [-0.1, -0.05) is 36.4 Å². The Balaban J connectivity index is 2.52. The lowest BCUT2D eigenvalue weighted by Gasteiger charge is -2.09. The minimum atomic E-state index is -2.39. The molecule has 0 saturated carbocycles. The fraction of sp³-hybridized carbons (Fsp3) is 0. The van der Waals surface area contributed by atoms with E-state index in [-0.39, 0.29) is 11.5 Å². The zero-order chi connectivity index (χ0) is 12.3. The van der Waals surface area contributed by atoms with Crippen LogP contribution in [-0.2, 0) is 11.4 Å². The van der Waals surface area contributed by atoms with Gasteiger partial charge in [0.2, 0.25) is 0 Å². The molecule has 0 radical (unpaired) electrons. The van der Waals surface area contributed by atoms with Crippen LogP contribution in [0.5, 0.6) is 11.5 Å². The van der Waals surface area contributed by atoms with Crippen molar-refractivity contribution in [3.8, 4) is 22.6 Å². The Kier molecular flexibility index (Phi) is 3.41. The second kappa shape index (κ2) is 4.99. The van der Waals surface area contributed by atoms with Crippen molar-refractivity contribution in [1.82, 2.24) is 0 Å². The highest BCUT2D eigenvalue weighted by Crippen LogP contribution is 2.35. The third kappa shape index (κ3) is 2.64. The van der Waals surface area contributed by atoms with E-state index in [2.05, 4.69) is 0 Å². The Morgan fingerprint density at radius 1 is 0.941 bits per heavy atom. The molecule has 0 aliphatic rings. The van der Waals surface area contributed by atoms with Crippen LogP contribution in [0, 0.1) is 0 Å². The lowest BCUT2D eigenvalue weighted by molar-refractivity contribution is 0.457. The maximum absolute atomic E-state index is 10.7. The monoisotopic (exact) mass is 250 g/mol. The van der Waals surface area contributed by atoms with Crippen molar-refractivity contribution in [3.63, 3.8) is 0 Å². The molecule has 2 aromatic rings.